The van der Waals surface area contributed by atoms with Crippen molar-refractivity contribution in [3.05, 3.63) is 41.6 Å². The zero-order valence-electron chi connectivity index (χ0n) is 10.4. The number of nitrogens with zero attached hydrogens (tertiary/aromatic N) is 1. The molecule has 0 atom stereocenters. The second-order valence-electron chi connectivity index (χ2n) is 3.96. The van der Waals surface area contributed by atoms with E-state index in [1.54, 1.807) is 6.20 Å². The van der Waals surface area contributed by atoms with E-state index in [2.05, 4.69) is 10.3 Å². The molecule has 100 valence electrons. The molecule has 6 heteroatoms. The largest absolute Gasteiger partial charge is 0.508 e. The van der Waals surface area contributed by atoms with Gasteiger partial charge in [-0.15, -0.1) is 0 Å². The van der Waals surface area contributed by atoms with Crippen LogP contribution in [0.1, 0.15) is 28.9 Å². The maximum atomic E-state index is 11.8. The van der Waals surface area contributed by atoms with Gasteiger partial charge in [0.1, 0.15) is 17.3 Å². The number of benzene rings is 1. The minimum atomic E-state index is -0.464. The highest BCUT2D eigenvalue weighted by Crippen LogP contribution is 2.22. The van der Waals surface area contributed by atoms with E-state index in [1.807, 2.05) is 6.92 Å². The number of phenols is 2. The molecule has 6 nitrogen and oxygen atoms in total. The lowest BCUT2D eigenvalue weighted by atomic mass is 10.2. The Balaban J connectivity index is 2.01. The van der Waals surface area contributed by atoms with Crippen LogP contribution in [0.25, 0.3) is 0 Å². The number of carbonyl (C=O) groups excluding carboxylic acids is 1. The van der Waals surface area contributed by atoms with Gasteiger partial charge in [-0.2, -0.15) is 0 Å². The Morgan fingerprint density at radius 3 is 2.84 bits per heavy atom. The van der Waals surface area contributed by atoms with Crippen LogP contribution >= 0.6 is 0 Å². The Bertz CT molecular complexity index is 592. The Hall–Kier alpha value is -2.50. The molecule has 0 radical (unpaired) electrons. The van der Waals surface area contributed by atoms with Crippen LogP contribution in [0.2, 0.25) is 0 Å². The second-order valence-corrected chi connectivity index (χ2v) is 3.96. The van der Waals surface area contributed by atoms with Gasteiger partial charge in [-0.1, -0.05) is 6.92 Å². The van der Waals surface area contributed by atoms with Crippen LogP contribution in [0.5, 0.6) is 11.5 Å². The van der Waals surface area contributed by atoms with Gasteiger partial charge in [0, 0.05) is 12.5 Å². The molecule has 19 heavy (non-hydrogen) atoms. The predicted octanol–water partition coefficient (Wildman–Crippen LogP) is 1.58. The number of amides is 1. The molecule has 1 heterocycles. The Labute approximate surface area is 109 Å². The molecule has 0 unspecified atom stereocenters. The summed E-state index contributed by atoms with van der Waals surface area (Å²) in [6, 6.07) is 3.78. The van der Waals surface area contributed by atoms with Crippen LogP contribution in [0.3, 0.4) is 0 Å². The van der Waals surface area contributed by atoms with Crippen molar-refractivity contribution >= 4 is 5.91 Å². The minimum Gasteiger partial charge on any atom is -0.508 e. The Morgan fingerprint density at radius 2 is 2.21 bits per heavy atom. The maximum absolute atomic E-state index is 11.8. The third kappa shape index (κ3) is 3.04. The van der Waals surface area contributed by atoms with Crippen molar-refractivity contribution in [1.29, 1.82) is 0 Å². The number of aromatic hydroxyl groups is 2. The topological polar surface area (TPSA) is 95.6 Å². The molecule has 0 bridgehead atoms. The highest BCUT2D eigenvalue weighted by molar-refractivity contribution is 5.96. The Kier molecular flexibility index (Phi) is 3.70. The standard InChI is InChI=1S/C13H14N2O4/c1-2-9-6-14-12(19-9)7-15-13(18)10-4-3-8(16)5-11(10)17/h3-6,16-17H,2,7H2,1H3,(H,15,18). The van der Waals surface area contributed by atoms with Crippen molar-refractivity contribution < 1.29 is 19.4 Å². The molecule has 0 saturated carbocycles. The molecule has 0 aliphatic carbocycles. The normalized spacial score (nSPS) is 10.4. The van der Waals surface area contributed by atoms with Gasteiger partial charge in [0.15, 0.2) is 0 Å². The number of hydrogen-bond acceptors (Lipinski definition) is 5. The first-order chi connectivity index (χ1) is 9.10. The van der Waals surface area contributed by atoms with E-state index >= 15 is 0 Å². The highest BCUT2D eigenvalue weighted by atomic mass is 16.4. The number of carbonyl (C=O) groups is 1. The summed E-state index contributed by atoms with van der Waals surface area (Å²) in [5.74, 6) is 0.308. The predicted molar refractivity (Wildman–Crippen MR) is 66.8 cm³/mol. The summed E-state index contributed by atoms with van der Waals surface area (Å²) >= 11 is 0. The number of aromatic nitrogens is 1. The average molecular weight is 262 g/mol. The summed E-state index contributed by atoms with van der Waals surface area (Å²) in [5.41, 5.74) is 0.0834. The van der Waals surface area contributed by atoms with Crippen LogP contribution in [0.4, 0.5) is 0 Å². The van der Waals surface area contributed by atoms with Gasteiger partial charge in [0.25, 0.3) is 5.91 Å². The van der Waals surface area contributed by atoms with Gasteiger partial charge in [-0.25, -0.2) is 4.98 Å². The van der Waals surface area contributed by atoms with Crippen LogP contribution in [-0.2, 0) is 13.0 Å². The number of hydrogen-bond donors (Lipinski definition) is 3. The van der Waals surface area contributed by atoms with E-state index in [-0.39, 0.29) is 23.6 Å². The molecule has 0 fully saturated rings. The molecular formula is C13H14N2O4. The van der Waals surface area contributed by atoms with Crippen molar-refractivity contribution in [2.75, 3.05) is 0 Å². The third-order valence-electron chi connectivity index (χ3n) is 2.58. The van der Waals surface area contributed by atoms with Gasteiger partial charge in [-0.05, 0) is 12.1 Å². The van der Waals surface area contributed by atoms with Crippen molar-refractivity contribution in [2.45, 2.75) is 19.9 Å². The van der Waals surface area contributed by atoms with Crippen LogP contribution in [-0.4, -0.2) is 21.1 Å². The van der Waals surface area contributed by atoms with E-state index in [9.17, 15) is 9.90 Å². The number of rotatable bonds is 4. The number of nitrogens with one attached hydrogen (secondary N) is 1. The lowest BCUT2D eigenvalue weighted by Crippen LogP contribution is -2.22. The third-order valence-corrected chi connectivity index (χ3v) is 2.58. The molecule has 0 saturated heterocycles. The number of aryl methyl sites for hydroxylation is 1. The molecular weight excluding hydrogens is 248 g/mol. The highest BCUT2D eigenvalue weighted by Gasteiger charge is 2.12. The van der Waals surface area contributed by atoms with Crippen LogP contribution < -0.4 is 5.32 Å². The van der Waals surface area contributed by atoms with Crippen molar-refractivity contribution in [2.24, 2.45) is 0 Å². The van der Waals surface area contributed by atoms with E-state index < -0.39 is 5.91 Å². The van der Waals surface area contributed by atoms with Gasteiger partial charge in [0.05, 0.1) is 18.3 Å². The molecule has 1 amide bonds. The zero-order valence-corrected chi connectivity index (χ0v) is 10.4. The fraction of sp³-hybridized carbons (Fsp3) is 0.231. The van der Waals surface area contributed by atoms with Crippen molar-refractivity contribution in [1.82, 2.24) is 10.3 Å². The lowest BCUT2D eigenvalue weighted by molar-refractivity contribution is 0.0944. The molecule has 1 aromatic carbocycles. The molecule has 2 rings (SSSR count). The van der Waals surface area contributed by atoms with E-state index in [1.165, 1.54) is 12.1 Å². The summed E-state index contributed by atoms with van der Waals surface area (Å²) in [5, 5.41) is 21.3. The molecule has 0 spiro atoms. The van der Waals surface area contributed by atoms with Crippen LogP contribution in [0, 0.1) is 0 Å². The summed E-state index contributed by atoms with van der Waals surface area (Å²) < 4.78 is 5.34. The number of oxazole rings is 1. The molecule has 1 aromatic heterocycles. The zero-order chi connectivity index (χ0) is 13.8. The smallest absolute Gasteiger partial charge is 0.255 e. The SMILES string of the molecule is CCc1cnc(CNC(=O)c2ccc(O)cc2O)o1. The molecule has 0 aliphatic heterocycles. The van der Waals surface area contributed by atoms with Crippen LogP contribution in [0.15, 0.2) is 28.8 Å². The molecule has 3 N–H and O–H groups in total. The minimum absolute atomic E-state index is 0.0834. The average Bonchev–Trinajstić information content (AvgIpc) is 2.84. The van der Waals surface area contributed by atoms with E-state index in [0.717, 1.165) is 18.2 Å². The summed E-state index contributed by atoms with van der Waals surface area (Å²) in [6.45, 7) is 2.08. The summed E-state index contributed by atoms with van der Waals surface area (Å²) in [4.78, 5) is 15.8. The van der Waals surface area contributed by atoms with Gasteiger partial charge in [-0.3, -0.25) is 4.79 Å². The molecule has 2 aromatic rings. The van der Waals surface area contributed by atoms with Gasteiger partial charge >= 0.3 is 0 Å². The first kappa shape index (κ1) is 12.9. The fourth-order valence-corrected chi connectivity index (χ4v) is 1.56. The lowest BCUT2D eigenvalue weighted by Gasteiger charge is -2.05. The van der Waals surface area contributed by atoms with E-state index in [0.29, 0.717) is 5.89 Å². The quantitative estimate of drug-likeness (QED) is 0.777. The second kappa shape index (κ2) is 5.43. The first-order valence-electron chi connectivity index (χ1n) is 5.84. The summed E-state index contributed by atoms with van der Waals surface area (Å²) in [7, 11) is 0. The van der Waals surface area contributed by atoms with Gasteiger partial charge in [0.2, 0.25) is 5.89 Å². The van der Waals surface area contributed by atoms with Crippen molar-refractivity contribution in [3.8, 4) is 11.5 Å². The Morgan fingerprint density at radius 1 is 1.42 bits per heavy atom. The van der Waals surface area contributed by atoms with Crippen molar-refractivity contribution in [3.63, 3.8) is 0 Å². The number of phenolic OH excluding ortho intramolecular Hbond substituents is 2. The fourth-order valence-electron chi connectivity index (χ4n) is 1.56. The maximum Gasteiger partial charge on any atom is 0.255 e. The first-order valence-corrected chi connectivity index (χ1v) is 5.84. The summed E-state index contributed by atoms with van der Waals surface area (Å²) in [6.07, 6.45) is 2.35. The monoisotopic (exact) mass is 262 g/mol. The van der Waals surface area contributed by atoms with E-state index in [4.69, 9.17) is 9.52 Å². The molecule has 0 aliphatic rings. The van der Waals surface area contributed by atoms with Gasteiger partial charge < -0.3 is 19.9 Å².